The molecule has 1 aromatic carbocycles. The summed E-state index contributed by atoms with van der Waals surface area (Å²) in [5.41, 5.74) is 1.12. The van der Waals surface area contributed by atoms with E-state index >= 15 is 0 Å². The van der Waals surface area contributed by atoms with Gasteiger partial charge in [0.15, 0.2) is 16.6 Å². The maximum Gasteiger partial charge on any atom is 0.231 e. The number of ether oxygens (including phenoxy) is 2. The van der Waals surface area contributed by atoms with Gasteiger partial charge in [0.25, 0.3) is 0 Å². The highest BCUT2D eigenvalue weighted by atomic mass is 32.1. The molecule has 0 unspecified atom stereocenters. The zero-order chi connectivity index (χ0) is 13.7. The first-order valence-electron chi connectivity index (χ1n) is 6.55. The van der Waals surface area contributed by atoms with E-state index in [-0.39, 0.29) is 0 Å². The molecule has 0 spiro atoms. The Kier molecular flexibility index (Phi) is 4.85. The van der Waals surface area contributed by atoms with Crippen molar-refractivity contribution >= 4 is 17.3 Å². The molecule has 0 saturated carbocycles. The molecule has 0 atom stereocenters. The zero-order valence-electron chi connectivity index (χ0n) is 11.4. The van der Waals surface area contributed by atoms with Crippen molar-refractivity contribution in [1.82, 2.24) is 10.6 Å². The number of rotatable bonds is 5. The van der Waals surface area contributed by atoms with Crippen molar-refractivity contribution < 1.29 is 9.47 Å². The molecule has 1 heterocycles. The Bertz CT molecular complexity index is 449. The highest BCUT2D eigenvalue weighted by Crippen LogP contribution is 2.32. The van der Waals surface area contributed by atoms with E-state index in [9.17, 15) is 0 Å². The van der Waals surface area contributed by atoms with Gasteiger partial charge in [0, 0.05) is 13.1 Å². The SMILES string of the molecule is CC(C)CCNC(=S)NCc1ccc2c(c1)OCO2. The van der Waals surface area contributed by atoms with Crippen LogP contribution in [0.25, 0.3) is 0 Å². The molecule has 4 nitrogen and oxygen atoms in total. The van der Waals surface area contributed by atoms with Crippen LogP contribution in [0.1, 0.15) is 25.8 Å². The van der Waals surface area contributed by atoms with Gasteiger partial charge in [0.1, 0.15) is 0 Å². The maximum atomic E-state index is 5.34. The predicted molar refractivity (Wildman–Crippen MR) is 79.5 cm³/mol. The number of benzene rings is 1. The van der Waals surface area contributed by atoms with Crippen LogP contribution in [-0.4, -0.2) is 18.5 Å². The molecule has 0 bridgehead atoms. The Morgan fingerprint density at radius 2 is 2.05 bits per heavy atom. The van der Waals surface area contributed by atoms with Crippen LogP contribution in [0.4, 0.5) is 0 Å². The number of fused-ring (bicyclic) bond motifs is 1. The largest absolute Gasteiger partial charge is 0.454 e. The van der Waals surface area contributed by atoms with E-state index in [0.717, 1.165) is 30.0 Å². The van der Waals surface area contributed by atoms with Crippen LogP contribution in [0.5, 0.6) is 11.5 Å². The third-order valence-electron chi connectivity index (χ3n) is 2.90. The van der Waals surface area contributed by atoms with E-state index in [4.69, 9.17) is 21.7 Å². The topological polar surface area (TPSA) is 42.5 Å². The molecule has 0 radical (unpaired) electrons. The van der Waals surface area contributed by atoms with Crippen LogP contribution < -0.4 is 20.1 Å². The zero-order valence-corrected chi connectivity index (χ0v) is 12.2. The molecule has 0 amide bonds. The minimum Gasteiger partial charge on any atom is -0.454 e. The van der Waals surface area contributed by atoms with Crippen molar-refractivity contribution in [3.05, 3.63) is 23.8 Å². The Hall–Kier alpha value is -1.49. The summed E-state index contributed by atoms with van der Waals surface area (Å²) in [7, 11) is 0. The van der Waals surface area contributed by atoms with Gasteiger partial charge in [0.2, 0.25) is 6.79 Å². The fraction of sp³-hybridized carbons (Fsp3) is 0.500. The maximum absolute atomic E-state index is 5.34. The van der Waals surface area contributed by atoms with Crippen molar-refractivity contribution in [2.45, 2.75) is 26.8 Å². The Morgan fingerprint density at radius 3 is 2.84 bits per heavy atom. The molecule has 1 aliphatic heterocycles. The summed E-state index contributed by atoms with van der Waals surface area (Å²) in [6.45, 7) is 6.30. The highest BCUT2D eigenvalue weighted by Gasteiger charge is 2.12. The second-order valence-electron chi connectivity index (χ2n) is 4.98. The first-order valence-corrected chi connectivity index (χ1v) is 6.96. The van der Waals surface area contributed by atoms with Gasteiger partial charge in [0.05, 0.1) is 0 Å². The molecular formula is C14H20N2O2S. The summed E-state index contributed by atoms with van der Waals surface area (Å²) in [6, 6.07) is 5.91. The molecular weight excluding hydrogens is 260 g/mol. The van der Waals surface area contributed by atoms with Crippen LogP contribution in [0, 0.1) is 5.92 Å². The molecule has 2 rings (SSSR count). The molecule has 1 aromatic rings. The van der Waals surface area contributed by atoms with Gasteiger partial charge >= 0.3 is 0 Å². The smallest absolute Gasteiger partial charge is 0.231 e. The second kappa shape index (κ2) is 6.61. The molecule has 104 valence electrons. The lowest BCUT2D eigenvalue weighted by Gasteiger charge is -2.11. The summed E-state index contributed by atoms with van der Waals surface area (Å²) >= 11 is 5.23. The number of hydrogen-bond acceptors (Lipinski definition) is 3. The van der Waals surface area contributed by atoms with Crippen LogP contribution in [-0.2, 0) is 6.54 Å². The van der Waals surface area contributed by atoms with E-state index < -0.39 is 0 Å². The van der Waals surface area contributed by atoms with E-state index in [1.807, 2.05) is 18.2 Å². The molecule has 1 aliphatic rings. The molecule has 2 N–H and O–H groups in total. The average Bonchev–Trinajstić information content (AvgIpc) is 2.83. The van der Waals surface area contributed by atoms with Crippen LogP contribution in [0.3, 0.4) is 0 Å². The van der Waals surface area contributed by atoms with Crippen LogP contribution in [0.2, 0.25) is 0 Å². The quantitative estimate of drug-likeness (QED) is 0.811. The van der Waals surface area contributed by atoms with E-state index in [1.54, 1.807) is 0 Å². The monoisotopic (exact) mass is 280 g/mol. The third-order valence-corrected chi connectivity index (χ3v) is 3.19. The lowest BCUT2D eigenvalue weighted by molar-refractivity contribution is 0.174. The summed E-state index contributed by atoms with van der Waals surface area (Å²) < 4.78 is 10.6. The van der Waals surface area contributed by atoms with Crippen LogP contribution in [0.15, 0.2) is 18.2 Å². The van der Waals surface area contributed by atoms with Crippen molar-refractivity contribution in [3.63, 3.8) is 0 Å². The fourth-order valence-corrected chi connectivity index (χ4v) is 1.94. The molecule has 0 fully saturated rings. The van der Waals surface area contributed by atoms with Gasteiger partial charge in [-0.1, -0.05) is 19.9 Å². The number of thiocarbonyl (C=S) groups is 1. The first kappa shape index (κ1) is 13.9. The molecule has 0 aromatic heterocycles. The van der Waals surface area contributed by atoms with Crippen molar-refractivity contribution in [3.8, 4) is 11.5 Å². The average molecular weight is 280 g/mol. The molecule has 5 heteroatoms. The highest BCUT2D eigenvalue weighted by molar-refractivity contribution is 7.80. The second-order valence-corrected chi connectivity index (χ2v) is 5.39. The summed E-state index contributed by atoms with van der Waals surface area (Å²) in [6.07, 6.45) is 1.12. The van der Waals surface area contributed by atoms with Gasteiger partial charge in [-0.25, -0.2) is 0 Å². The lowest BCUT2D eigenvalue weighted by atomic mass is 10.1. The van der Waals surface area contributed by atoms with Gasteiger partial charge in [-0.3, -0.25) is 0 Å². The number of hydrogen-bond donors (Lipinski definition) is 2. The van der Waals surface area contributed by atoms with Crippen molar-refractivity contribution in [2.24, 2.45) is 5.92 Å². The summed E-state index contributed by atoms with van der Waals surface area (Å²) in [5, 5.41) is 7.08. The molecule has 0 aliphatic carbocycles. The van der Waals surface area contributed by atoms with E-state index in [2.05, 4.69) is 24.5 Å². The van der Waals surface area contributed by atoms with Gasteiger partial charge < -0.3 is 20.1 Å². The third kappa shape index (κ3) is 4.28. The summed E-state index contributed by atoms with van der Waals surface area (Å²) in [4.78, 5) is 0. The fourth-order valence-electron chi connectivity index (χ4n) is 1.77. The van der Waals surface area contributed by atoms with E-state index in [0.29, 0.717) is 24.4 Å². The van der Waals surface area contributed by atoms with E-state index in [1.165, 1.54) is 0 Å². The minimum atomic E-state index is 0.307. The normalized spacial score (nSPS) is 12.6. The minimum absolute atomic E-state index is 0.307. The Balaban J connectivity index is 1.74. The number of nitrogens with one attached hydrogen (secondary N) is 2. The van der Waals surface area contributed by atoms with Gasteiger partial charge in [-0.2, -0.15) is 0 Å². The summed E-state index contributed by atoms with van der Waals surface area (Å²) in [5.74, 6) is 2.29. The van der Waals surface area contributed by atoms with Crippen LogP contribution >= 0.6 is 12.2 Å². The standard InChI is InChI=1S/C14H20N2O2S/c1-10(2)5-6-15-14(19)16-8-11-3-4-12-13(7-11)18-9-17-12/h3-4,7,10H,5-6,8-9H2,1-2H3,(H2,15,16,19). The lowest BCUT2D eigenvalue weighted by Crippen LogP contribution is -2.35. The van der Waals surface area contributed by atoms with Gasteiger partial charge in [-0.05, 0) is 42.3 Å². The molecule has 19 heavy (non-hydrogen) atoms. The predicted octanol–water partition coefficient (Wildman–Crippen LogP) is 2.43. The van der Waals surface area contributed by atoms with Gasteiger partial charge in [-0.15, -0.1) is 0 Å². The Morgan fingerprint density at radius 1 is 1.26 bits per heavy atom. The molecule has 0 saturated heterocycles. The van der Waals surface area contributed by atoms with Crippen molar-refractivity contribution in [1.29, 1.82) is 0 Å². The van der Waals surface area contributed by atoms with Crippen molar-refractivity contribution in [2.75, 3.05) is 13.3 Å². The Labute approximate surface area is 119 Å². The first-order chi connectivity index (χ1) is 9.15.